The lowest BCUT2D eigenvalue weighted by Crippen LogP contribution is -1.95. The molecule has 0 aliphatic carbocycles. The normalized spacial score (nSPS) is 11.2. The lowest BCUT2D eigenvalue weighted by Gasteiger charge is -2.02. The largest absolute Gasteiger partial charge is 0.273 e. The average molecular weight is 162 g/mol. The van der Waals surface area contributed by atoms with Crippen molar-refractivity contribution < 1.29 is 0 Å². The SMILES string of the molecule is CC(C)c1ccn2cnnc2n1. The Balaban J connectivity index is 2.60. The van der Waals surface area contributed by atoms with Crippen LogP contribution in [-0.2, 0) is 0 Å². The Kier molecular flexibility index (Phi) is 1.53. The molecule has 0 N–H and O–H groups in total. The van der Waals surface area contributed by atoms with E-state index >= 15 is 0 Å². The molecule has 0 unspecified atom stereocenters. The molecule has 0 saturated heterocycles. The molecule has 0 spiro atoms. The van der Waals surface area contributed by atoms with Crippen LogP contribution in [0.5, 0.6) is 0 Å². The first kappa shape index (κ1) is 7.21. The van der Waals surface area contributed by atoms with Crippen molar-refractivity contribution in [3.8, 4) is 0 Å². The molecule has 0 saturated carbocycles. The molecule has 2 heterocycles. The molecule has 62 valence electrons. The van der Waals surface area contributed by atoms with Crippen LogP contribution in [0.3, 0.4) is 0 Å². The zero-order valence-corrected chi connectivity index (χ0v) is 7.10. The monoisotopic (exact) mass is 162 g/mol. The van der Waals surface area contributed by atoms with Gasteiger partial charge in [0.15, 0.2) is 0 Å². The van der Waals surface area contributed by atoms with E-state index in [4.69, 9.17) is 0 Å². The maximum Gasteiger partial charge on any atom is 0.255 e. The molecule has 4 heteroatoms. The summed E-state index contributed by atoms with van der Waals surface area (Å²) in [5, 5.41) is 7.62. The molecule has 2 aromatic rings. The van der Waals surface area contributed by atoms with E-state index in [2.05, 4.69) is 29.0 Å². The van der Waals surface area contributed by atoms with Crippen molar-refractivity contribution in [1.82, 2.24) is 19.6 Å². The molecular formula is C8H10N4. The van der Waals surface area contributed by atoms with E-state index in [0.717, 1.165) is 5.69 Å². The summed E-state index contributed by atoms with van der Waals surface area (Å²) in [6.07, 6.45) is 3.57. The van der Waals surface area contributed by atoms with Crippen LogP contribution in [-0.4, -0.2) is 19.6 Å². The molecule has 4 nitrogen and oxygen atoms in total. The van der Waals surface area contributed by atoms with Crippen molar-refractivity contribution in [1.29, 1.82) is 0 Å². The minimum absolute atomic E-state index is 0.437. The van der Waals surface area contributed by atoms with Gasteiger partial charge in [-0.05, 0) is 12.0 Å². The van der Waals surface area contributed by atoms with Gasteiger partial charge in [-0.2, -0.15) is 0 Å². The Morgan fingerprint density at radius 3 is 3.00 bits per heavy atom. The zero-order valence-electron chi connectivity index (χ0n) is 7.10. The van der Waals surface area contributed by atoms with Crippen LogP contribution in [0.2, 0.25) is 0 Å². The van der Waals surface area contributed by atoms with Gasteiger partial charge in [-0.3, -0.25) is 4.40 Å². The second-order valence-electron chi connectivity index (χ2n) is 3.05. The van der Waals surface area contributed by atoms with Crippen LogP contribution in [0.25, 0.3) is 5.78 Å². The Bertz CT molecular complexity index is 391. The van der Waals surface area contributed by atoms with Crippen molar-refractivity contribution in [2.24, 2.45) is 0 Å². The third-order valence-corrected chi connectivity index (χ3v) is 1.78. The van der Waals surface area contributed by atoms with Gasteiger partial charge in [0.05, 0.1) is 0 Å². The van der Waals surface area contributed by atoms with Crippen LogP contribution in [0.4, 0.5) is 0 Å². The van der Waals surface area contributed by atoms with Gasteiger partial charge in [0, 0.05) is 11.9 Å². The van der Waals surface area contributed by atoms with Gasteiger partial charge in [0.2, 0.25) is 0 Å². The number of hydrogen-bond donors (Lipinski definition) is 0. The molecule has 0 fully saturated rings. The number of hydrogen-bond acceptors (Lipinski definition) is 3. The minimum Gasteiger partial charge on any atom is -0.273 e. The van der Waals surface area contributed by atoms with E-state index < -0.39 is 0 Å². The molecule has 0 aliphatic rings. The molecule has 12 heavy (non-hydrogen) atoms. The summed E-state index contributed by atoms with van der Waals surface area (Å²) in [7, 11) is 0. The summed E-state index contributed by atoms with van der Waals surface area (Å²) in [4.78, 5) is 4.32. The molecule has 0 amide bonds. The van der Waals surface area contributed by atoms with Crippen molar-refractivity contribution in [2.75, 3.05) is 0 Å². The predicted molar refractivity (Wildman–Crippen MR) is 44.9 cm³/mol. The number of fused-ring (bicyclic) bond motifs is 1. The fourth-order valence-electron chi connectivity index (χ4n) is 1.05. The predicted octanol–water partition coefficient (Wildman–Crippen LogP) is 1.25. The Morgan fingerprint density at radius 1 is 1.42 bits per heavy atom. The number of nitrogens with zero attached hydrogens (tertiary/aromatic N) is 4. The highest BCUT2D eigenvalue weighted by molar-refractivity contribution is 5.27. The lowest BCUT2D eigenvalue weighted by atomic mass is 10.1. The average Bonchev–Trinajstić information content (AvgIpc) is 2.49. The minimum atomic E-state index is 0.437. The van der Waals surface area contributed by atoms with Crippen molar-refractivity contribution >= 4 is 5.78 Å². The quantitative estimate of drug-likeness (QED) is 0.633. The van der Waals surface area contributed by atoms with Crippen LogP contribution in [0.15, 0.2) is 18.6 Å². The fourth-order valence-corrected chi connectivity index (χ4v) is 1.05. The Hall–Kier alpha value is -1.45. The first-order valence-electron chi connectivity index (χ1n) is 3.93. The molecule has 2 rings (SSSR count). The summed E-state index contributed by atoms with van der Waals surface area (Å²) in [5.74, 6) is 1.10. The second-order valence-corrected chi connectivity index (χ2v) is 3.05. The van der Waals surface area contributed by atoms with Gasteiger partial charge < -0.3 is 0 Å². The van der Waals surface area contributed by atoms with Gasteiger partial charge in [0.25, 0.3) is 5.78 Å². The summed E-state index contributed by atoms with van der Waals surface area (Å²) < 4.78 is 1.80. The fraction of sp³-hybridized carbons (Fsp3) is 0.375. The zero-order chi connectivity index (χ0) is 8.55. The van der Waals surface area contributed by atoms with Crippen LogP contribution in [0, 0.1) is 0 Å². The van der Waals surface area contributed by atoms with E-state index in [9.17, 15) is 0 Å². The van der Waals surface area contributed by atoms with Crippen LogP contribution in [0.1, 0.15) is 25.5 Å². The highest BCUT2D eigenvalue weighted by Crippen LogP contribution is 2.10. The second kappa shape index (κ2) is 2.55. The van der Waals surface area contributed by atoms with Crippen molar-refractivity contribution in [2.45, 2.75) is 19.8 Å². The number of aromatic nitrogens is 4. The molecule has 0 atom stereocenters. The molecule has 0 radical (unpaired) electrons. The summed E-state index contributed by atoms with van der Waals surface area (Å²) in [6.45, 7) is 4.21. The summed E-state index contributed by atoms with van der Waals surface area (Å²) in [5.41, 5.74) is 1.05. The van der Waals surface area contributed by atoms with E-state index in [1.165, 1.54) is 0 Å². The maximum absolute atomic E-state index is 4.32. The first-order chi connectivity index (χ1) is 5.77. The molecule has 0 bridgehead atoms. The highest BCUT2D eigenvalue weighted by Gasteiger charge is 2.02. The summed E-state index contributed by atoms with van der Waals surface area (Å²) in [6, 6.07) is 1.99. The van der Waals surface area contributed by atoms with E-state index in [1.54, 1.807) is 10.7 Å². The topological polar surface area (TPSA) is 43.1 Å². The molecule has 0 aliphatic heterocycles. The Labute approximate surface area is 70.3 Å². The first-order valence-corrected chi connectivity index (χ1v) is 3.93. The van der Waals surface area contributed by atoms with Crippen LogP contribution >= 0.6 is 0 Å². The van der Waals surface area contributed by atoms with E-state index in [1.807, 2.05) is 12.3 Å². The van der Waals surface area contributed by atoms with Crippen LogP contribution < -0.4 is 0 Å². The van der Waals surface area contributed by atoms with Gasteiger partial charge >= 0.3 is 0 Å². The van der Waals surface area contributed by atoms with Gasteiger partial charge in [-0.15, -0.1) is 10.2 Å². The van der Waals surface area contributed by atoms with Crippen molar-refractivity contribution in [3.63, 3.8) is 0 Å². The van der Waals surface area contributed by atoms with Gasteiger partial charge in [0.1, 0.15) is 6.33 Å². The third kappa shape index (κ3) is 1.05. The highest BCUT2D eigenvalue weighted by atomic mass is 15.3. The molecule has 2 aromatic heterocycles. The number of rotatable bonds is 1. The van der Waals surface area contributed by atoms with Crippen molar-refractivity contribution in [3.05, 3.63) is 24.3 Å². The molecular weight excluding hydrogens is 152 g/mol. The van der Waals surface area contributed by atoms with Gasteiger partial charge in [-0.25, -0.2) is 4.98 Å². The lowest BCUT2D eigenvalue weighted by molar-refractivity contribution is 0.816. The maximum atomic E-state index is 4.32. The van der Waals surface area contributed by atoms with E-state index in [0.29, 0.717) is 11.7 Å². The standard InChI is InChI=1S/C8H10N4/c1-6(2)7-3-4-12-5-9-11-8(12)10-7/h3-6H,1-2H3. The van der Waals surface area contributed by atoms with Gasteiger partial charge in [-0.1, -0.05) is 13.8 Å². The summed E-state index contributed by atoms with van der Waals surface area (Å²) >= 11 is 0. The van der Waals surface area contributed by atoms with E-state index in [-0.39, 0.29) is 0 Å². The third-order valence-electron chi connectivity index (χ3n) is 1.78. The molecule has 0 aromatic carbocycles. The smallest absolute Gasteiger partial charge is 0.255 e. The Morgan fingerprint density at radius 2 is 2.25 bits per heavy atom.